The summed E-state index contributed by atoms with van der Waals surface area (Å²) in [5, 5.41) is 0. The van der Waals surface area contributed by atoms with Gasteiger partial charge < -0.3 is 10.5 Å². The first-order valence-electron chi connectivity index (χ1n) is 5.81. The Hall–Kier alpha value is -1.18. The molecule has 0 atom stereocenters. The number of nitrogen functional groups attached to an aromatic ring is 1. The lowest BCUT2D eigenvalue weighted by Crippen LogP contribution is -2.34. The summed E-state index contributed by atoms with van der Waals surface area (Å²) in [6.07, 6.45) is 1.27. The quantitative estimate of drug-likeness (QED) is 0.739. The summed E-state index contributed by atoms with van der Waals surface area (Å²) in [7, 11) is -3.51. The third kappa shape index (κ3) is 3.66. The molecule has 102 valence electrons. The highest BCUT2D eigenvalue weighted by Crippen LogP contribution is 2.15. The van der Waals surface area contributed by atoms with Gasteiger partial charge in [-0.1, -0.05) is 6.92 Å². The van der Waals surface area contributed by atoms with Crippen LogP contribution in [0.1, 0.15) is 13.8 Å². The lowest BCUT2D eigenvalue weighted by atomic mass is 10.5. The average molecular weight is 273 g/mol. The summed E-state index contributed by atoms with van der Waals surface area (Å²) in [5.74, 6) is 0.298. The van der Waals surface area contributed by atoms with E-state index in [1.165, 1.54) is 22.6 Å². The van der Waals surface area contributed by atoms with Gasteiger partial charge in [-0.3, -0.25) is 0 Å². The minimum absolute atomic E-state index is 0.148. The lowest BCUT2D eigenvalue weighted by Gasteiger charge is -2.20. The fourth-order valence-electron chi connectivity index (χ4n) is 1.45. The number of anilines is 1. The Balaban J connectivity index is 2.85. The fraction of sp³-hybridized carbons (Fsp3) is 0.545. The summed E-state index contributed by atoms with van der Waals surface area (Å²) in [6.45, 7) is 5.33. The first kappa shape index (κ1) is 14.9. The number of hydrogen-bond donors (Lipinski definition) is 1. The van der Waals surface area contributed by atoms with Crippen molar-refractivity contribution in [1.82, 2.24) is 9.29 Å². The van der Waals surface area contributed by atoms with Crippen LogP contribution in [0, 0.1) is 0 Å². The van der Waals surface area contributed by atoms with Gasteiger partial charge in [-0.2, -0.15) is 4.31 Å². The van der Waals surface area contributed by atoms with Crippen LogP contribution >= 0.6 is 0 Å². The summed E-state index contributed by atoms with van der Waals surface area (Å²) in [4.78, 5) is 3.95. The molecule has 1 rings (SSSR count). The zero-order valence-corrected chi connectivity index (χ0v) is 11.5. The molecule has 2 N–H and O–H groups in total. The molecule has 0 aliphatic rings. The fourth-order valence-corrected chi connectivity index (χ4v) is 2.83. The van der Waals surface area contributed by atoms with Crippen molar-refractivity contribution in [1.29, 1.82) is 0 Å². The number of ether oxygens (including phenoxy) is 1. The Morgan fingerprint density at radius 3 is 2.61 bits per heavy atom. The van der Waals surface area contributed by atoms with Gasteiger partial charge in [0, 0.05) is 25.9 Å². The van der Waals surface area contributed by atoms with Crippen LogP contribution < -0.4 is 5.73 Å². The van der Waals surface area contributed by atoms with E-state index in [9.17, 15) is 8.42 Å². The maximum Gasteiger partial charge on any atom is 0.244 e. The second kappa shape index (κ2) is 6.67. The van der Waals surface area contributed by atoms with Crippen LogP contribution in [0.3, 0.4) is 0 Å². The van der Waals surface area contributed by atoms with Crippen molar-refractivity contribution < 1.29 is 13.2 Å². The van der Waals surface area contributed by atoms with Crippen LogP contribution in [0.4, 0.5) is 5.82 Å². The Morgan fingerprint density at radius 2 is 2.11 bits per heavy atom. The van der Waals surface area contributed by atoms with Gasteiger partial charge in [-0.15, -0.1) is 0 Å². The van der Waals surface area contributed by atoms with Crippen LogP contribution in [-0.4, -0.2) is 44.0 Å². The molecule has 1 aromatic heterocycles. The molecule has 0 bridgehead atoms. The number of nitrogens with two attached hydrogens (primary N) is 1. The Kier molecular flexibility index (Phi) is 5.52. The highest BCUT2D eigenvalue weighted by atomic mass is 32.2. The Morgan fingerprint density at radius 1 is 1.39 bits per heavy atom. The van der Waals surface area contributed by atoms with Crippen LogP contribution in [0.25, 0.3) is 0 Å². The first-order valence-corrected chi connectivity index (χ1v) is 7.25. The van der Waals surface area contributed by atoms with Crippen LogP contribution in [0.2, 0.25) is 0 Å². The van der Waals surface area contributed by atoms with Gasteiger partial charge in [0.15, 0.2) is 0 Å². The third-order valence-electron chi connectivity index (χ3n) is 2.44. The van der Waals surface area contributed by atoms with Crippen LogP contribution in [-0.2, 0) is 14.8 Å². The van der Waals surface area contributed by atoms with E-state index in [0.29, 0.717) is 32.1 Å². The highest BCUT2D eigenvalue weighted by molar-refractivity contribution is 7.89. The Bertz CT molecular complexity index is 459. The molecular weight excluding hydrogens is 254 g/mol. The van der Waals surface area contributed by atoms with Crippen molar-refractivity contribution >= 4 is 15.8 Å². The zero-order valence-electron chi connectivity index (χ0n) is 10.7. The van der Waals surface area contributed by atoms with Crippen LogP contribution in [0.5, 0.6) is 0 Å². The van der Waals surface area contributed by atoms with E-state index in [4.69, 9.17) is 10.5 Å². The molecule has 0 spiro atoms. The topological polar surface area (TPSA) is 85.5 Å². The third-order valence-corrected chi connectivity index (χ3v) is 4.40. The van der Waals surface area contributed by atoms with Crippen molar-refractivity contribution in [2.45, 2.75) is 18.7 Å². The number of hydrogen-bond acceptors (Lipinski definition) is 5. The number of sulfonamides is 1. The molecular formula is C11H19N3O3S. The van der Waals surface area contributed by atoms with E-state index >= 15 is 0 Å². The van der Waals surface area contributed by atoms with Crippen molar-refractivity contribution in [2.24, 2.45) is 0 Å². The van der Waals surface area contributed by atoms with Gasteiger partial charge >= 0.3 is 0 Å². The molecule has 0 amide bonds. The summed E-state index contributed by atoms with van der Waals surface area (Å²) < 4.78 is 31.0. The molecule has 1 aromatic rings. The molecule has 0 aliphatic heterocycles. The molecule has 1 heterocycles. The number of nitrogens with zero attached hydrogens (tertiary/aromatic N) is 2. The maximum absolute atomic E-state index is 12.3. The lowest BCUT2D eigenvalue weighted by molar-refractivity contribution is 0.135. The smallest absolute Gasteiger partial charge is 0.244 e. The van der Waals surface area contributed by atoms with Crippen molar-refractivity contribution in [3.63, 3.8) is 0 Å². The van der Waals surface area contributed by atoms with E-state index in [0.717, 1.165) is 0 Å². The van der Waals surface area contributed by atoms with Gasteiger partial charge in [0.2, 0.25) is 10.0 Å². The number of rotatable bonds is 7. The number of pyridine rings is 1. The summed E-state index contributed by atoms with van der Waals surface area (Å²) in [5.41, 5.74) is 5.44. The molecule has 0 aliphatic carbocycles. The minimum Gasteiger partial charge on any atom is -0.384 e. The molecule has 0 saturated carbocycles. The normalized spacial score (nSPS) is 11.9. The van der Waals surface area contributed by atoms with E-state index in [1.54, 1.807) is 6.92 Å². The molecule has 0 aromatic carbocycles. The average Bonchev–Trinajstić information content (AvgIpc) is 2.35. The van der Waals surface area contributed by atoms with Gasteiger partial charge in [0.05, 0.1) is 6.61 Å². The predicted molar refractivity (Wildman–Crippen MR) is 69.6 cm³/mol. The molecule has 0 saturated heterocycles. The van der Waals surface area contributed by atoms with E-state index in [1.807, 2.05) is 6.92 Å². The van der Waals surface area contributed by atoms with E-state index in [-0.39, 0.29) is 4.90 Å². The number of likely N-dealkylation sites (N-methyl/N-ethyl adjacent to an activating group) is 1. The molecule has 6 nitrogen and oxygen atoms in total. The van der Waals surface area contributed by atoms with Crippen molar-refractivity contribution in [3.05, 3.63) is 18.3 Å². The minimum atomic E-state index is -3.51. The Labute approximate surface area is 108 Å². The van der Waals surface area contributed by atoms with Gasteiger partial charge in [0.1, 0.15) is 10.7 Å². The van der Waals surface area contributed by atoms with Gasteiger partial charge in [0.25, 0.3) is 0 Å². The second-order valence-electron chi connectivity index (χ2n) is 3.61. The number of aromatic nitrogens is 1. The van der Waals surface area contributed by atoms with Gasteiger partial charge in [-0.25, -0.2) is 13.4 Å². The largest absolute Gasteiger partial charge is 0.384 e. The highest BCUT2D eigenvalue weighted by Gasteiger charge is 2.22. The van der Waals surface area contributed by atoms with Crippen molar-refractivity contribution in [2.75, 3.05) is 32.0 Å². The molecule has 18 heavy (non-hydrogen) atoms. The van der Waals surface area contributed by atoms with Crippen LogP contribution in [0.15, 0.2) is 23.2 Å². The molecule has 7 heteroatoms. The summed E-state index contributed by atoms with van der Waals surface area (Å²) >= 11 is 0. The molecule has 0 radical (unpaired) electrons. The first-order chi connectivity index (χ1) is 8.52. The standard InChI is InChI=1S/C11H19N3O3S/c1-3-14(7-8-17-4-2)18(15,16)10-5-6-11(12)13-9-10/h5-6,9H,3-4,7-8H2,1-2H3,(H2,12,13). The molecule has 0 unspecified atom stereocenters. The monoisotopic (exact) mass is 273 g/mol. The van der Waals surface area contributed by atoms with Gasteiger partial charge in [-0.05, 0) is 19.1 Å². The van der Waals surface area contributed by atoms with E-state index in [2.05, 4.69) is 4.98 Å². The SMILES string of the molecule is CCOCCN(CC)S(=O)(=O)c1ccc(N)nc1. The van der Waals surface area contributed by atoms with Crippen molar-refractivity contribution in [3.8, 4) is 0 Å². The maximum atomic E-state index is 12.3. The van der Waals surface area contributed by atoms with E-state index < -0.39 is 10.0 Å². The predicted octanol–water partition coefficient (Wildman–Crippen LogP) is 0.711. The second-order valence-corrected chi connectivity index (χ2v) is 5.55. The zero-order chi connectivity index (χ0) is 13.6. The summed E-state index contributed by atoms with van der Waals surface area (Å²) in [6, 6.07) is 2.93. The molecule has 0 fully saturated rings.